The number of amides is 2. The molecule has 0 aliphatic rings. The minimum atomic E-state index is -0.145. The summed E-state index contributed by atoms with van der Waals surface area (Å²) in [5.41, 5.74) is 4.19. The summed E-state index contributed by atoms with van der Waals surface area (Å²) in [5, 5.41) is 15.0. The van der Waals surface area contributed by atoms with Crippen LogP contribution in [0, 0.1) is 6.92 Å². The number of carbonyl (C=O) groups excluding carboxylic acids is 2. The van der Waals surface area contributed by atoms with Crippen LogP contribution in [0.25, 0.3) is 11.4 Å². The fourth-order valence-corrected chi connectivity index (χ4v) is 4.14. The average molecular weight is 472 g/mol. The molecule has 0 aliphatic heterocycles. The van der Waals surface area contributed by atoms with Gasteiger partial charge in [0.25, 0.3) is 5.91 Å². The molecule has 0 unspecified atom stereocenters. The third kappa shape index (κ3) is 5.71. The molecule has 0 radical (unpaired) electrons. The molecule has 0 bridgehead atoms. The van der Waals surface area contributed by atoms with Crippen molar-refractivity contribution in [3.63, 3.8) is 0 Å². The number of thioether (sulfide) groups is 1. The molecule has 0 atom stereocenters. The number of hydrogen-bond donors (Lipinski definition) is 2. The smallest absolute Gasteiger partial charge is 0.255 e. The van der Waals surface area contributed by atoms with Crippen molar-refractivity contribution in [1.82, 2.24) is 20.1 Å². The zero-order valence-electron chi connectivity index (χ0n) is 19.0. The summed E-state index contributed by atoms with van der Waals surface area (Å²) in [6.45, 7) is 2.41. The van der Waals surface area contributed by atoms with E-state index in [4.69, 9.17) is 0 Å². The molecule has 0 saturated heterocycles. The minimum Gasteiger partial charge on any atom is -0.351 e. The van der Waals surface area contributed by atoms with Gasteiger partial charge in [-0.05, 0) is 48.4 Å². The van der Waals surface area contributed by atoms with Crippen LogP contribution in [0.2, 0.25) is 0 Å². The fraction of sp³-hybridized carbons (Fsp3) is 0.154. The second-order valence-electron chi connectivity index (χ2n) is 7.76. The van der Waals surface area contributed by atoms with Crippen LogP contribution in [-0.2, 0) is 18.4 Å². The summed E-state index contributed by atoms with van der Waals surface area (Å²) in [5.74, 6) is 0.729. The number of hydrogen-bond acceptors (Lipinski definition) is 5. The van der Waals surface area contributed by atoms with E-state index in [2.05, 4.69) is 20.8 Å². The first kappa shape index (κ1) is 23.3. The predicted octanol–water partition coefficient (Wildman–Crippen LogP) is 4.45. The molecule has 4 aromatic rings. The standard InChI is InChI=1S/C26H25N5O2S/c1-18-8-6-7-11-22(18)25(33)28-21-14-12-20(13-15-21)24-29-30-26(31(24)2)34-17-23(32)27-16-19-9-4-3-5-10-19/h3-15H,16-17H2,1-2H3,(H,27,32)(H,28,33). The molecule has 0 saturated carbocycles. The molecular formula is C26H25N5O2S. The van der Waals surface area contributed by atoms with E-state index in [0.29, 0.717) is 28.8 Å². The maximum Gasteiger partial charge on any atom is 0.255 e. The molecular weight excluding hydrogens is 446 g/mol. The quantitative estimate of drug-likeness (QED) is 0.371. The van der Waals surface area contributed by atoms with Crippen LogP contribution in [0.15, 0.2) is 84.0 Å². The van der Waals surface area contributed by atoms with Crippen molar-refractivity contribution in [2.75, 3.05) is 11.1 Å². The molecule has 8 heteroatoms. The van der Waals surface area contributed by atoms with Crippen LogP contribution in [0.1, 0.15) is 21.5 Å². The SMILES string of the molecule is Cc1ccccc1C(=O)Nc1ccc(-c2nnc(SCC(=O)NCc3ccccc3)n2C)cc1. The Labute approximate surface area is 202 Å². The lowest BCUT2D eigenvalue weighted by Gasteiger charge is -2.09. The van der Waals surface area contributed by atoms with E-state index in [-0.39, 0.29) is 17.6 Å². The third-order valence-electron chi connectivity index (χ3n) is 5.29. The van der Waals surface area contributed by atoms with Crippen LogP contribution < -0.4 is 10.6 Å². The molecule has 0 aliphatic carbocycles. The first-order chi connectivity index (χ1) is 16.5. The number of aromatic nitrogens is 3. The minimum absolute atomic E-state index is 0.0628. The van der Waals surface area contributed by atoms with E-state index in [1.807, 2.05) is 91.3 Å². The van der Waals surface area contributed by atoms with Crippen LogP contribution in [0.4, 0.5) is 5.69 Å². The lowest BCUT2D eigenvalue weighted by molar-refractivity contribution is -0.118. The lowest BCUT2D eigenvalue weighted by Crippen LogP contribution is -2.24. The fourth-order valence-electron chi connectivity index (χ4n) is 3.40. The van der Waals surface area contributed by atoms with E-state index < -0.39 is 0 Å². The number of carbonyl (C=O) groups is 2. The highest BCUT2D eigenvalue weighted by Gasteiger charge is 2.14. The first-order valence-corrected chi connectivity index (χ1v) is 11.8. The van der Waals surface area contributed by atoms with Crippen molar-refractivity contribution < 1.29 is 9.59 Å². The zero-order chi connectivity index (χ0) is 23.9. The van der Waals surface area contributed by atoms with Gasteiger partial charge >= 0.3 is 0 Å². The Morgan fingerprint density at radius 1 is 0.912 bits per heavy atom. The van der Waals surface area contributed by atoms with Crippen molar-refractivity contribution >= 4 is 29.3 Å². The Morgan fingerprint density at radius 2 is 1.62 bits per heavy atom. The number of rotatable bonds is 8. The summed E-state index contributed by atoms with van der Waals surface area (Å²) in [7, 11) is 1.87. The lowest BCUT2D eigenvalue weighted by atomic mass is 10.1. The topological polar surface area (TPSA) is 88.9 Å². The van der Waals surface area contributed by atoms with Gasteiger partial charge < -0.3 is 15.2 Å². The molecule has 34 heavy (non-hydrogen) atoms. The number of nitrogens with one attached hydrogen (secondary N) is 2. The molecule has 1 heterocycles. The summed E-state index contributed by atoms with van der Waals surface area (Å²) < 4.78 is 1.86. The molecule has 2 N–H and O–H groups in total. The van der Waals surface area contributed by atoms with E-state index >= 15 is 0 Å². The zero-order valence-corrected chi connectivity index (χ0v) is 19.8. The summed E-state index contributed by atoms with van der Waals surface area (Å²) in [6.07, 6.45) is 0. The van der Waals surface area contributed by atoms with Crippen LogP contribution in [0.3, 0.4) is 0 Å². The maximum atomic E-state index is 12.5. The van der Waals surface area contributed by atoms with Gasteiger partial charge in [-0.1, -0.05) is 60.3 Å². The average Bonchev–Trinajstić information content (AvgIpc) is 3.23. The van der Waals surface area contributed by atoms with Gasteiger partial charge in [-0.2, -0.15) is 0 Å². The maximum absolute atomic E-state index is 12.5. The molecule has 1 aromatic heterocycles. The molecule has 3 aromatic carbocycles. The highest BCUT2D eigenvalue weighted by atomic mass is 32.2. The second-order valence-corrected chi connectivity index (χ2v) is 8.71. The predicted molar refractivity (Wildman–Crippen MR) is 135 cm³/mol. The van der Waals surface area contributed by atoms with Crippen LogP contribution >= 0.6 is 11.8 Å². The monoisotopic (exact) mass is 471 g/mol. The Balaban J connectivity index is 1.34. The highest BCUT2D eigenvalue weighted by Crippen LogP contribution is 2.24. The van der Waals surface area contributed by atoms with Gasteiger partial charge in [-0.15, -0.1) is 10.2 Å². The van der Waals surface area contributed by atoms with Crippen molar-refractivity contribution in [3.05, 3.63) is 95.6 Å². The Bertz CT molecular complexity index is 1290. The van der Waals surface area contributed by atoms with Gasteiger partial charge in [0.15, 0.2) is 11.0 Å². The van der Waals surface area contributed by atoms with Gasteiger partial charge in [0.1, 0.15) is 0 Å². The molecule has 2 amide bonds. The van der Waals surface area contributed by atoms with Gasteiger partial charge in [0, 0.05) is 30.4 Å². The first-order valence-electron chi connectivity index (χ1n) is 10.8. The number of aryl methyl sites for hydroxylation is 1. The summed E-state index contributed by atoms with van der Waals surface area (Å²) >= 11 is 1.34. The van der Waals surface area contributed by atoms with Gasteiger partial charge in [0.2, 0.25) is 5.91 Å². The third-order valence-corrected chi connectivity index (χ3v) is 6.31. The Kier molecular flexibility index (Phi) is 7.39. The highest BCUT2D eigenvalue weighted by molar-refractivity contribution is 7.99. The van der Waals surface area contributed by atoms with Crippen molar-refractivity contribution in [1.29, 1.82) is 0 Å². The molecule has 172 valence electrons. The van der Waals surface area contributed by atoms with E-state index in [9.17, 15) is 9.59 Å². The van der Waals surface area contributed by atoms with Crippen LogP contribution in [-0.4, -0.2) is 32.3 Å². The Morgan fingerprint density at radius 3 is 2.35 bits per heavy atom. The van der Waals surface area contributed by atoms with Gasteiger partial charge in [-0.3, -0.25) is 9.59 Å². The normalized spacial score (nSPS) is 10.6. The molecule has 4 rings (SSSR count). The van der Waals surface area contributed by atoms with E-state index in [1.54, 1.807) is 6.07 Å². The summed E-state index contributed by atoms with van der Waals surface area (Å²) in [4.78, 5) is 24.7. The number of anilines is 1. The largest absolute Gasteiger partial charge is 0.351 e. The summed E-state index contributed by atoms with van der Waals surface area (Å²) in [6, 6.07) is 24.7. The van der Waals surface area contributed by atoms with Gasteiger partial charge in [-0.25, -0.2) is 0 Å². The van der Waals surface area contributed by atoms with Gasteiger partial charge in [0.05, 0.1) is 5.75 Å². The van der Waals surface area contributed by atoms with E-state index in [0.717, 1.165) is 16.7 Å². The Hall–Kier alpha value is -3.91. The number of benzene rings is 3. The van der Waals surface area contributed by atoms with Crippen molar-refractivity contribution in [2.24, 2.45) is 7.05 Å². The van der Waals surface area contributed by atoms with E-state index in [1.165, 1.54) is 11.8 Å². The van der Waals surface area contributed by atoms with Crippen molar-refractivity contribution in [2.45, 2.75) is 18.6 Å². The molecule has 0 spiro atoms. The molecule has 0 fully saturated rings. The second kappa shape index (κ2) is 10.8. The molecule has 7 nitrogen and oxygen atoms in total. The van der Waals surface area contributed by atoms with Crippen molar-refractivity contribution in [3.8, 4) is 11.4 Å². The van der Waals surface area contributed by atoms with Crippen LogP contribution in [0.5, 0.6) is 0 Å². The number of nitrogens with zero attached hydrogens (tertiary/aromatic N) is 3.